The molecule has 0 saturated carbocycles. The highest BCUT2D eigenvalue weighted by molar-refractivity contribution is 5.95. The van der Waals surface area contributed by atoms with Gasteiger partial charge in [0, 0.05) is 31.9 Å². The summed E-state index contributed by atoms with van der Waals surface area (Å²) in [5.41, 5.74) is 0.452. The van der Waals surface area contributed by atoms with Crippen molar-refractivity contribution in [2.24, 2.45) is 5.92 Å². The predicted octanol–water partition coefficient (Wildman–Crippen LogP) is 2.00. The van der Waals surface area contributed by atoms with E-state index in [1.807, 2.05) is 6.92 Å². The zero-order chi connectivity index (χ0) is 17.5. The van der Waals surface area contributed by atoms with Gasteiger partial charge in [-0.05, 0) is 31.5 Å². The van der Waals surface area contributed by atoms with Crippen molar-refractivity contribution < 1.29 is 28.9 Å². The maximum atomic E-state index is 12.8. The summed E-state index contributed by atoms with van der Waals surface area (Å²) in [5, 5.41) is 9.12. The molecule has 7 nitrogen and oxygen atoms in total. The quantitative estimate of drug-likeness (QED) is 0.694. The first-order chi connectivity index (χ1) is 11.5. The highest BCUT2D eigenvalue weighted by atomic mass is 16.7. The number of amides is 1. The number of nitrogens with zero attached hydrogens (tertiary/aromatic N) is 1. The van der Waals surface area contributed by atoms with Crippen molar-refractivity contribution in [2.75, 3.05) is 33.1 Å². The molecule has 1 aliphatic heterocycles. The maximum absolute atomic E-state index is 12.8. The Hall–Kier alpha value is -2.28. The molecule has 1 heterocycles. The summed E-state index contributed by atoms with van der Waals surface area (Å²) in [5.74, 6) is -0.661. The van der Waals surface area contributed by atoms with Crippen molar-refractivity contribution in [3.05, 3.63) is 23.8 Å². The van der Waals surface area contributed by atoms with Crippen molar-refractivity contribution >= 4 is 11.9 Å². The van der Waals surface area contributed by atoms with Gasteiger partial charge in [-0.1, -0.05) is 6.92 Å². The van der Waals surface area contributed by atoms with E-state index >= 15 is 0 Å². The van der Waals surface area contributed by atoms with Gasteiger partial charge < -0.3 is 24.2 Å². The molecule has 0 fully saturated rings. The van der Waals surface area contributed by atoms with E-state index in [1.54, 1.807) is 30.0 Å². The lowest BCUT2D eigenvalue weighted by Gasteiger charge is -2.24. The molecular weight excluding hydrogens is 314 g/mol. The molecule has 1 amide bonds. The van der Waals surface area contributed by atoms with Crippen LogP contribution < -0.4 is 9.47 Å². The number of hydrogen-bond donors (Lipinski definition) is 1. The molecule has 0 aromatic heterocycles. The standard InChI is InChI=1S/C17H23NO6/c1-3-22-8-4-7-18(10-12(2)17(20)21)16(19)13-5-6-14-15(9-13)24-11-23-14/h5-6,9,12H,3-4,7-8,10-11H2,1-2H3,(H,20,21). The van der Waals surface area contributed by atoms with Crippen LogP contribution in [0.15, 0.2) is 18.2 Å². The minimum absolute atomic E-state index is 0.140. The van der Waals surface area contributed by atoms with Crippen LogP contribution in [0.5, 0.6) is 11.5 Å². The lowest BCUT2D eigenvalue weighted by Crippen LogP contribution is -2.38. The Morgan fingerprint density at radius 1 is 1.33 bits per heavy atom. The minimum Gasteiger partial charge on any atom is -0.481 e. The zero-order valence-corrected chi connectivity index (χ0v) is 14.0. The molecule has 2 rings (SSSR count). The number of benzene rings is 1. The van der Waals surface area contributed by atoms with E-state index in [1.165, 1.54) is 0 Å². The zero-order valence-electron chi connectivity index (χ0n) is 14.0. The van der Waals surface area contributed by atoms with Gasteiger partial charge in [-0.15, -0.1) is 0 Å². The smallest absolute Gasteiger partial charge is 0.308 e. The average molecular weight is 337 g/mol. The van der Waals surface area contributed by atoms with E-state index < -0.39 is 11.9 Å². The SMILES string of the molecule is CCOCCCN(CC(C)C(=O)O)C(=O)c1ccc2c(c1)OCO2. The van der Waals surface area contributed by atoms with Gasteiger partial charge in [-0.2, -0.15) is 0 Å². The molecule has 132 valence electrons. The molecule has 7 heteroatoms. The Kier molecular flexibility index (Phi) is 6.43. The Morgan fingerprint density at radius 2 is 2.08 bits per heavy atom. The molecule has 0 bridgehead atoms. The van der Waals surface area contributed by atoms with E-state index in [9.17, 15) is 9.59 Å². The van der Waals surface area contributed by atoms with E-state index in [0.717, 1.165) is 0 Å². The van der Waals surface area contributed by atoms with Gasteiger partial charge in [0.1, 0.15) is 0 Å². The molecule has 1 atom stereocenters. The number of ether oxygens (including phenoxy) is 3. The Bertz CT molecular complexity index is 588. The number of carbonyl (C=O) groups is 2. The monoisotopic (exact) mass is 337 g/mol. The summed E-state index contributed by atoms with van der Waals surface area (Å²) in [4.78, 5) is 25.4. The lowest BCUT2D eigenvalue weighted by atomic mass is 10.1. The van der Waals surface area contributed by atoms with E-state index in [4.69, 9.17) is 19.3 Å². The number of hydrogen-bond acceptors (Lipinski definition) is 5. The third-order valence-corrected chi connectivity index (χ3v) is 3.74. The van der Waals surface area contributed by atoms with Gasteiger partial charge in [0.05, 0.1) is 5.92 Å². The first kappa shape index (κ1) is 18.1. The van der Waals surface area contributed by atoms with Crippen molar-refractivity contribution in [3.8, 4) is 11.5 Å². The minimum atomic E-state index is -0.928. The van der Waals surface area contributed by atoms with Gasteiger partial charge in [0.25, 0.3) is 5.91 Å². The number of rotatable bonds is 9. The van der Waals surface area contributed by atoms with E-state index in [2.05, 4.69) is 0 Å². The Balaban J connectivity index is 2.08. The molecule has 1 N–H and O–H groups in total. The topological polar surface area (TPSA) is 85.3 Å². The van der Waals surface area contributed by atoms with Crippen LogP contribution in [0.1, 0.15) is 30.6 Å². The van der Waals surface area contributed by atoms with Gasteiger partial charge in [0.2, 0.25) is 6.79 Å². The second-order valence-electron chi connectivity index (χ2n) is 5.61. The van der Waals surface area contributed by atoms with Crippen LogP contribution in [0.3, 0.4) is 0 Å². The second-order valence-corrected chi connectivity index (χ2v) is 5.61. The summed E-state index contributed by atoms with van der Waals surface area (Å²) in [6.45, 7) is 5.36. The fraction of sp³-hybridized carbons (Fsp3) is 0.529. The first-order valence-corrected chi connectivity index (χ1v) is 8.02. The fourth-order valence-electron chi connectivity index (χ4n) is 2.40. The van der Waals surface area contributed by atoms with Gasteiger partial charge >= 0.3 is 5.97 Å². The highest BCUT2D eigenvalue weighted by Crippen LogP contribution is 2.32. The molecule has 0 radical (unpaired) electrons. The lowest BCUT2D eigenvalue weighted by molar-refractivity contribution is -0.141. The number of carbonyl (C=O) groups excluding carboxylic acids is 1. The molecule has 0 aliphatic carbocycles. The van der Waals surface area contributed by atoms with Crippen LogP contribution in [0, 0.1) is 5.92 Å². The molecule has 0 saturated heterocycles. The van der Waals surface area contributed by atoms with Crippen LogP contribution in [0.2, 0.25) is 0 Å². The molecular formula is C17H23NO6. The molecule has 1 unspecified atom stereocenters. The third kappa shape index (κ3) is 4.61. The summed E-state index contributed by atoms with van der Waals surface area (Å²) in [6, 6.07) is 4.98. The predicted molar refractivity (Wildman–Crippen MR) is 86.4 cm³/mol. The van der Waals surface area contributed by atoms with Crippen LogP contribution in [0.25, 0.3) is 0 Å². The molecule has 1 aromatic rings. The summed E-state index contributed by atoms with van der Waals surface area (Å²) in [7, 11) is 0. The van der Waals surface area contributed by atoms with Crippen molar-refractivity contribution in [1.29, 1.82) is 0 Å². The van der Waals surface area contributed by atoms with Crippen molar-refractivity contribution in [2.45, 2.75) is 20.3 Å². The number of carboxylic acid groups (broad SMARTS) is 1. The van der Waals surface area contributed by atoms with Gasteiger partial charge in [-0.3, -0.25) is 9.59 Å². The Labute approximate surface area is 141 Å². The van der Waals surface area contributed by atoms with Crippen molar-refractivity contribution in [1.82, 2.24) is 4.90 Å². The van der Waals surface area contributed by atoms with Crippen LogP contribution in [-0.4, -0.2) is 55.0 Å². The van der Waals surface area contributed by atoms with E-state index in [-0.39, 0.29) is 19.2 Å². The van der Waals surface area contributed by atoms with Crippen LogP contribution in [-0.2, 0) is 9.53 Å². The summed E-state index contributed by atoms with van der Waals surface area (Å²) >= 11 is 0. The average Bonchev–Trinajstić information content (AvgIpc) is 3.04. The number of aliphatic carboxylic acids is 1. The molecule has 24 heavy (non-hydrogen) atoms. The van der Waals surface area contributed by atoms with Gasteiger partial charge in [-0.25, -0.2) is 0 Å². The molecule has 0 spiro atoms. The fourth-order valence-corrected chi connectivity index (χ4v) is 2.40. The molecule has 1 aliphatic rings. The van der Waals surface area contributed by atoms with E-state index in [0.29, 0.717) is 43.2 Å². The first-order valence-electron chi connectivity index (χ1n) is 8.02. The summed E-state index contributed by atoms with van der Waals surface area (Å²) < 4.78 is 15.8. The van der Waals surface area contributed by atoms with Gasteiger partial charge in [0.15, 0.2) is 11.5 Å². The maximum Gasteiger partial charge on any atom is 0.308 e. The molecule has 1 aromatic carbocycles. The number of carboxylic acids is 1. The van der Waals surface area contributed by atoms with Crippen LogP contribution >= 0.6 is 0 Å². The third-order valence-electron chi connectivity index (χ3n) is 3.74. The van der Waals surface area contributed by atoms with Crippen molar-refractivity contribution in [3.63, 3.8) is 0 Å². The number of fused-ring (bicyclic) bond motifs is 1. The summed E-state index contributed by atoms with van der Waals surface area (Å²) in [6.07, 6.45) is 0.649. The van der Waals surface area contributed by atoms with Crippen LogP contribution in [0.4, 0.5) is 0 Å². The second kappa shape index (κ2) is 8.54. The largest absolute Gasteiger partial charge is 0.481 e. The highest BCUT2D eigenvalue weighted by Gasteiger charge is 2.23. The normalized spacial score (nSPS) is 13.6. The Morgan fingerprint density at radius 3 is 2.79 bits per heavy atom.